The fourth-order valence-electron chi connectivity index (χ4n) is 1.83. The van der Waals surface area contributed by atoms with Gasteiger partial charge in [-0.25, -0.2) is 4.79 Å². The molecule has 1 saturated heterocycles. The molecule has 4 nitrogen and oxygen atoms in total. The molecular weight excluding hydrogens is 202 g/mol. The van der Waals surface area contributed by atoms with E-state index in [4.69, 9.17) is 5.73 Å². The Kier molecular flexibility index (Phi) is 4.59. The number of urea groups is 1. The van der Waals surface area contributed by atoms with Crippen LogP contribution in [0.5, 0.6) is 0 Å². The number of likely N-dealkylation sites (tertiary alicyclic amines) is 1. The molecule has 0 radical (unpaired) electrons. The third kappa shape index (κ3) is 3.37. The van der Waals surface area contributed by atoms with E-state index in [0.717, 1.165) is 38.3 Å². The van der Waals surface area contributed by atoms with Gasteiger partial charge >= 0.3 is 6.03 Å². The molecule has 1 aliphatic heterocycles. The van der Waals surface area contributed by atoms with Crippen LogP contribution in [0, 0.1) is 5.92 Å². The van der Waals surface area contributed by atoms with E-state index >= 15 is 0 Å². The van der Waals surface area contributed by atoms with Gasteiger partial charge in [0.15, 0.2) is 0 Å². The summed E-state index contributed by atoms with van der Waals surface area (Å²) >= 11 is 0. The van der Waals surface area contributed by atoms with Crippen LogP contribution in [0.15, 0.2) is 0 Å². The van der Waals surface area contributed by atoms with Crippen LogP contribution < -0.4 is 11.1 Å². The van der Waals surface area contributed by atoms with Crippen molar-refractivity contribution in [2.24, 2.45) is 11.7 Å². The van der Waals surface area contributed by atoms with Crippen molar-refractivity contribution in [3.05, 3.63) is 0 Å². The third-order valence-corrected chi connectivity index (χ3v) is 3.71. The highest BCUT2D eigenvalue weighted by atomic mass is 16.2. The van der Waals surface area contributed by atoms with Gasteiger partial charge < -0.3 is 16.0 Å². The normalized spacial score (nSPS) is 21.6. The lowest BCUT2D eigenvalue weighted by Crippen LogP contribution is -2.56. The number of rotatable bonds is 3. The second-order valence-electron chi connectivity index (χ2n) is 5.22. The maximum absolute atomic E-state index is 12.0. The van der Waals surface area contributed by atoms with E-state index in [9.17, 15) is 4.79 Å². The SMILES string of the molecule is CCC(C)(CN)NC(=O)N1CCC(C)CC1. The Morgan fingerprint density at radius 2 is 2.06 bits per heavy atom. The summed E-state index contributed by atoms with van der Waals surface area (Å²) in [5.41, 5.74) is 5.42. The van der Waals surface area contributed by atoms with Gasteiger partial charge in [-0.3, -0.25) is 0 Å². The third-order valence-electron chi connectivity index (χ3n) is 3.71. The van der Waals surface area contributed by atoms with E-state index in [2.05, 4.69) is 12.2 Å². The molecule has 0 saturated carbocycles. The standard InChI is InChI=1S/C12H25N3O/c1-4-12(3,9-13)14-11(16)15-7-5-10(2)6-8-15/h10H,4-9,13H2,1-3H3,(H,14,16). The van der Waals surface area contributed by atoms with Gasteiger partial charge in [-0.05, 0) is 32.1 Å². The molecule has 1 rings (SSSR count). The van der Waals surface area contributed by atoms with Crippen LogP contribution in [0.25, 0.3) is 0 Å². The predicted octanol–water partition coefficient (Wildman–Crippen LogP) is 1.56. The second kappa shape index (κ2) is 5.53. The Bertz CT molecular complexity index is 230. The van der Waals surface area contributed by atoms with Gasteiger partial charge in [0.25, 0.3) is 0 Å². The summed E-state index contributed by atoms with van der Waals surface area (Å²) in [5.74, 6) is 0.746. The summed E-state index contributed by atoms with van der Waals surface area (Å²) < 4.78 is 0. The number of carbonyl (C=O) groups excluding carboxylic acids is 1. The number of nitrogens with zero attached hydrogens (tertiary/aromatic N) is 1. The molecule has 0 aromatic carbocycles. The van der Waals surface area contributed by atoms with Gasteiger partial charge in [-0.2, -0.15) is 0 Å². The number of hydrogen-bond donors (Lipinski definition) is 2. The topological polar surface area (TPSA) is 58.4 Å². The lowest BCUT2D eigenvalue weighted by molar-refractivity contribution is 0.163. The zero-order valence-corrected chi connectivity index (χ0v) is 10.8. The minimum absolute atomic E-state index is 0.0432. The van der Waals surface area contributed by atoms with E-state index in [1.165, 1.54) is 0 Å². The molecule has 1 aliphatic rings. The van der Waals surface area contributed by atoms with Crippen LogP contribution in [-0.4, -0.2) is 36.1 Å². The monoisotopic (exact) mass is 227 g/mol. The minimum atomic E-state index is -0.264. The number of piperidine rings is 1. The van der Waals surface area contributed by atoms with Gasteiger partial charge in [0.2, 0.25) is 0 Å². The first-order chi connectivity index (χ1) is 7.50. The highest BCUT2D eigenvalue weighted by molar-refractivity contribution is 5.75. The largest absolute Gasteiger partial charge is 0.332 e. The van der Waals surface area contributed by atoms with Crippen LogP contribution in [-0.2, 0) is 0 Å². The van der Waals surface area contributed by atoms with E-state index in [1.54, 1.807) is 0 Å². The molecule has 0 bridgehead atoms. The van der Waals surface area contributed by atoms with Crippen LogP contribution in [0.3, 0.4) is 0 Å². The lowest BCUT2D eigenvalue weighted by Gasteiger charge is -2.35. The molecule has 1 heterocycles. The van der Waals surface area contributed by atoms with Crippen molar-refractivity contribution >= 4 is 6.03 Å². The van der Waals surface area contributed by atoms with Gasteiger partial charge in [0.1, 0.15) is 0 Å². The Morgan fingerprint density at radius 1 is 1.50 bits per heavy atom. The van der Waals surface area contributed by atoms with Gasteiger partial charge in [0, 0.05) is 19.6 Å². The fraction of sp³-hybridized carbons (Fsp3) is 0.917. The molecule has 0 aromatic rings. The molecule has 3 N–H and O–H groups in total. The summed E-state index contributed by atoms with van der Waals surface area (Å²) in [6.45, 7) is 8.52. The molecule has 0 aliphatic carbocycles. The number of nitrogens with two attached hydrogens (primary N) is 1. The van der Waals surface area contributed by atoms with Gasteiger partial charge in [-0.1, -0.05) is 13.8 Å². The van der Waals surface area contributed by atoms with Crippen molar-refractivity contribution in [1.82, 2.24) is 10.2 Å². The molecule has 1 fully saturated rings. The van der Waals surface area contributed by atoms with Crippen molar-refractivity contribution < 1.29 is 4.79 Å². The van der Waals surface area contributed by atoms with Gasteiger partial charge in [0.05, 0.1) is 5.54 Å². The molecule has 1 unspecified atom stereocenters. The first-order valence-electron chi connectivity index (χ1n) is 6.28. The van der Waals surface area contributed by atoms with Crippen molar-refractivity contribution in [3.63, 3.8) is 0 Å². The first kappa shape index (κ1) is 13.3. The summed E-state index contributed by atoms with van der Waals surface area (Å²) in [7, 11) is 0. The zero-order chi connectivity index (χ0) is 12.2. The molecule has 2 amide bonds. The van der Waals surface area contributed by atoms with Crippen LogP contribution in [0.1, 0.15) is 40.0 Å². The number of hydrogen-bond acceptors (Lipinski definition) is 2. The smallest absolute Gasteiger partial charge is 0.317 e. The minimum Gasteiger partial charge on any atom is -0.332 e. The van der Waals surface area contributed by atoms with E-state index in [-0.39, 0.29) is 11.6 Å². The molecule has 16 heavy (non-hydrogen) atoms. The van der Waals surface area contributed by atoms with Crippen LogP contribution in [0.2, 0.25) is 0 Å². The predicted molar refractivity (Wildman–Crippen MR) is 66.3 cm³/mol. The van der Waals surface area contributed by atoms with Gasteiger partial charge in [-0.15, -0.1) is 0 Å². The molecule has 0 spiro atoms. The summed E-state index contributed by atoms with van der Waals surface area (Å²) in [5, 5.41) is 3.04. The Balaban J connectivity index is 2.46. The molecular formula is C12H25N3O. The molecule has 94 valence electrons. The highest BCUT2D eigenvalue weighted by Gasteiger charge is 2.27. The van der Waals surface area contributed by atoms with E-state index < -0.39 is 0 Å². The second-order valence-corrected chi connectivity index (χ2v) is 5.22. The van der Waals surface area contributed by atoms with Crippen LogP contribution in [0.4, 0.5) is 4.79 Å². The number of nitrogens with one attached hydrogen (secondary N) is 1. The average Bonchev–Trinajstić information content (AvgIpc) is 2.29. The lowest BCUT2D eigenvalue weighted by atomic mass is 9.98. The first-order valence-corrected chi connectivity index (χ1v) is 6.28. The number of carbonyl (C=O) groups is 1. The number of amides is 2. The Labute approximate surface area is 98.6 Å². The van der Waals surface area contributed by atoms with Crippen LogP contribution >= 0.6 is 0 Å². The van der Waals surface area contributed by atoms with Crippen molar-refractivity contribution in [3.8, 4) is 0 Å². The fourth-order valence-corrected chi connectivity index (χ4v) is 1.83. The van der Waals surface area contributed by atoms with E-state index in [1.807, 2.05) is 18.7 Å². The highest BCUT2D eigenvalue weighted by Crippen LogP contribution is 2.17. The maximum Gasteiger partial charge on any atom is 0.317 e. The quantitative estimate of drug-likeness (QED) is 0.768. The molecule has 0 aromatic heterocycles. The summed E-state index contributed by atoms with van der Waals surface area (Å²) in [6, 6.07) is 0.0432. The summed E-state index contributed by atoms with van der Waals surface area (Å²) in [6.07, 6.45) is 3.08. The van der Waals surface area contributed by atoms with Crippen molar-refractivity contribution in [1.29, 1.82) is 0 Å². The maximum atomic E-state index is 12.0. The zero-order valence-electron chi connectivity index (χ0n) is 10.8. The summed E-state index contributed by atoms with van der Waals surface area (Å²) in [4.78, 5) is 13.9. The Hall–Kier alpha value is -0.770. The van der Waals surface area contributed by atoms with Crippen molar-refractivity contribution in [2.75, 3.05) is 19.6 Å². The van der Waals surface area contributed by atoms with E-state index in [0.29, 0.717) is 6.54 Å². The Morgan fingerprint density at radius 3 is 2.50 bits per heavy atom. The molecule has 1 atom stereocenters. The van der Waals surface area contributed by atoms with Crippen molar-refractivity contribution in [2.45, 2.75) is 45.6 Å². The average molecular weight is 227 g/mol. The molecule has 4 heteroatoms.